The van der Waals surface area contributed by atoms with Crippen molar-refractivity contribution in [2.75, 3.05) is 5.32 Å². The Morgan fingerprint density at radius 1 is 1.12 bits per heavy atom. The highest BCUT2D eigenvalue weighted by Gasteiger charge is 2.02. The number of nitrogens with one attached hydrogen (secondary N) is 1. The molecule has 0 atom stereocenters. The van der Waals surface area contributed by atoms with Gasteiger partial charge in [0.15, 0.2) is 0 Å². The number of hydrogen-bond acceptors (Lipinski definition) is 3. The van der Waals surface area contributed by atoms with Crippen LogP contribution < -0.4 is 5.32 Å². The molecule has 2 aromatic rings. The number of nitrogens with zero attached hydrogens (tertiary/aromatic N) is 2. The summed E-state index contributed by atoms with van der Waals surface area (Å²) in [5.74, 6) is 1.38. The Labute approximate surface area is 117 Å². The first-order valence-corrected chi connectivity index (χ1v) is 6.33. The van der Waals surface area contributed by atoms with Crippen LogP contribution in [0.4, 0.5) is 11.5 Å². The van der Waals surface area contributed by atoms with Gasteiger partial charge in [-0.05, 0) is 41.1 Å². The molecular weight excluding hydrogens is 325 g/mol. The van der Waals surface area contributed by atoms with Gasteiger partial charge in [0.2, 0.25) is 0 Å². The Morgan fingerprint density at radius 2 is 1.88 bits per heavy atom. The van der Waals surface area contributed by atoms with Crippen LogP contribution >= 0.6 is 39.1 Å². The fourth-order valence-corrected chi connectivity index (χ4v) is 2.09. The Hall–Kier alpha value is -0.840. The molecule has 0 aliphatic heterocycles. The van der Waals surface area contributed by atoms with Gasteiger partial charge in [0.05, 0.1) is 10.0 Å². The molecular formula is C11H8BrCl2N3. The van der Waals surface area contributed by atoms with Crippen molar-refractivity contribution in [3.63, 3.8) is 0 Å². The maximum absolute atomic E-state index is 5.93. The molecule has 1 aromatic heterocycles. The highest BCUT2D eigenvalue weighted by atomic mass is 79.9. The average molecular weight is 333 g/mol. The SMILES string of the molecule is Cc1nc(Br)cc(Nc2ccc(Cl)c(Cl)c2)n1. The summed E-state index contributed by atoms with van der Waals surface area (Å²) in [6.07, 6.45) is 0. The Kier molecular flexibility index (Phi) is 3.86. The molecule has 2 rings (SSSR count). The summed E-state index contributed by atoms with van der Waals surface area (Å²) < 4.78 is 0.729. The van der Waals surface area contributed by atoms with Crippen LogP contribution in [0.2, 0.25) is 10.0 Å². The van der Waals surface area contributed by atoms with Crippen molar-refractivity contribution in [1.29, 1.82) is 0 Å². The minimum atomic E-state index is 0.501. The zero-order chi connectivity index (χ0) is 12.4. The summed E-state index contributed by atoms with van der Waals surface area (Å²) in [6, 6.07) is 7.10. The second kappa shape index (κ2) is 5.21. The van der Waals surface area contributed by atoms with Gasteiger partial charge >= 0.3 is 0 Å². The molecule has 1 N–H and O–H groups in total. The van der Waals surface area contributed by atoms with E-state index in [0.717, 1.165) is 10.3 Å². The lowest BCUT2D eigenvalue weighted by Gasteiger charge is -2.07. The molecule has 0 saturated carbocycles. The van der Waals surface area contributed by atoms with Crippen molar-refractivity contribution >= 4 is 50.6 Å². The molecule has 1 heterocycles. The quantitative estimate of drug-likeness (QED) is 0.817. The lowest BCUT2D eigenvalue weighted by Crippen LogP contribution is -1.97. The minimum Gasteiger partial charge on any atom is -0.340 e. The molecule has 0 unspecified atom stereocenters. The van der Waals surface area contributed by atoms with Gasteiger partial charge in [-0.3, -0.25) is 0 Å². The molecule has 17 heavy (non-hydrogen) atoms. The second-order valence-corrected chi connectivity index (χ2v) is 5.00. The number of anilines is 2. The first-order valence-electron chi connectivity index (χ1n) is 4.78. The molecule has 0 radical (unpaired) electrons. The van der Waals surface area contributed by atoms with Crippen LogP contribution in [0.5, 0.6) is 0 Å². The molecule has 0 fully saturated rings. The van der Waals surface area contributed by atoms with Gasteiger partial charge < -0.3 is 5.32 Å². The van der Waals surface area contributed by atoms with E-state index >= 15 is 0 Å². The fraction of sp³-hybridized carbons (Fsp3) is 0.0909. The zero-order valence-corrected chi connectivity index (χ0v) is 11.9. The lowest BCUT2D eigenvalue weighted by molar-refractivity contribution is 1.04. The summed E-state index contributed by atoms with van der Waals surface area (Å²) in [7, 11) is 0. The fourth-order valence-electron chi connectivity index (χ4n) is 1.32. The molecule has 1 aromatic carbocycles. The van der Waals surface area contributed by atoms with Gasteiger partial charge in [-0.15, -0.1) is 0 Å². The molecule has 88 valence electrons. The van der Waals surface area contributed by atoms with Crippen molar-refractivity contribution < 1.29 is 0 Å². The highest BCUT2D eigenvalue weighted by molar-refractivity contribution is 9.10. The van der Waals surface area contributed by atoms with E-state index in [2.05, 4.69) is 31.2 Å². The van der Waals surface area contributed by atoms with Crippen LogP contribution in [-0.4, -0.2) is 9.97 Å². The van der Waals surface area contributed by atoms with Gasteiger partial charge in [0, 0.05) is 11.8 Å². The lowest BCUT2D eigenvalue weighted by atomic mass is 10.3. The Morgan fingerprint density at radius 3 is 2.53 bits per heavy atom. The number of halogens is 3. The van der Waals surface area contributed by atoms with E-state index in [4.69, 9.17) is 23.2 Å². The molecule has 0 aliphatic rings. The van der Waals surface area contributed by atoms with E-state index in [1.165, 1.54) is 0 Å². The van der Waals surface area contributed by atoms with Gasteiger partial charge in [0.25, 0.3) is 0 Å². The first-order chi connectivity index (χ1) is 8.04. The predicted octanol–water partition coefficient (Wildman–Crippen LogP) is 4.60. The van der Waals surface area contributed by atoms with Gasteiger partial charge in [-0.25, -0.2) is 9.97 Å². The van der Waals surface area contributed by atoms with Crippen LogP contribution in [0.3, 0.4) is 0 Å². The number of benzene rings is 1. The third-order valence-electron chi connectivity index (χ3n) is 2.00. The normalized spacial score (nSPS) is 10.4. The van der Waals surface area contributed by atoms with E-state index in [9.17, 15) is 0 Å². The van der Waals surface area contributed by atoms with E-state index in [1.54, 1.807) is 18.2 Å². The maximum atomic E-state index is 5.93. The minimum absolute atomic E-state index is 0.501. The Balaban J connectivity index is 2.28. The predicted molar refractivity (Wildman–Crippen MR) is 74.2 cm³/mol. The van der Waals surface area contributed by atoms with Crippen molar-refractivity contribution in [1.82, 2.24) is 9.97 Å². The van der Waals surface area contributed by atoms with Gasteiger partial charge in [-0.1, -0.05) is 23.2 Å². The van der Waals surface area contributed by atoms with E-state index in [1.807, 2.05) is 13.0 Å². The van der Waals surface area contributed by atoms with Gasteiger partial charge in [0.1, 0.15) is 16.2 Å². The monoisotopic (exact) mass is 331 g/mol. The molecule has 0 aliphatic carbocycles. The third-order valence-corrected chi connectivity index (χ3v) is 3.14. The molecule has 0 amide bonds. The van der Waals surface area contributed by atoms with E-state index < -0.39 is 0 Å². The topological polar surface area (TPSA) is 37.8 Å². The first kappa shape index (κ1) is 12.6. The van der Waals surface area contributed by atoms with Crippen molar-refractivity contribution in [3.8, 4) is 0 Å². The number of aromatic nitrogens is 2. The molecule has 0 bridgehead atoms. The summed E-state index contributed by atoms with van der Waals surface area (Å²) in [4.78, 5) is 8.38. The zero-order valence-electron chi connectivity index (χ0n) is 8.84. The number of rotatable bonds is 2. The number of hydrogen-bond donors (Lipinski definition) is 1. The van der Waals surface area contributed by atoms with Crippen LogP contribution in [-0.2, 0) is 0 Å². The van der Waals surface area contributed by atoms with E-state index in [0.29, 0.717) is 21.7 Å². The average Bonchev–Trinajstić information content (AvgIpc) is 2.22. The van der Waals surface area contributed by atoms with Crippen molar-refractivity contribution in [2.45, 2.75) is 6.92 Å². The van der Waals surface area contributed by atoms with Crippen LogP contribution in [0.1, 0.15) is 5.82 Å². The summed E-state index contributed by atoms with van der Waals surface area (Å²) in [5, 5.41) is 4.16. The maximum Gasteiger partial charge on any atom is 0.135 e. The Bertz CT molecular complexity index is 540. The third kappa shape index (κ3) is 3.31. The summed E-state index contributed by atoms with van der Waals surface area (Å²) in [6.45, 7) is 1.82. The van der Waals surface area contributed by atoms with Crippen LogP contribution in [0, 0.1) is 6.92 Å². The standard InChI is InChI=1S/C11H8BrCl2N3/c1-6-15-10(12)5-11(16-6)17-7-2-3-8(13)9(14)4-7/h2-5H,1H3,(H,15,16,17). The molecule has 0 saturated heterocycles. The van der Waals surface area contributed by atoms with Gasteiger partial charge in [-0.2, -0.15) is 0 Å². The highest BCUT2D eigenvalue weighted by Crippen LogP contribution is 2.26. The smallest absolute Gasteiger partial charge is 0.135 e. The van der Waals surface area contributed by atoms with Crippen molar-refractivity contribution in [2.24, 2.45) is 0 Å². The molecule has 0 spiro atoms. The largest absolute Gasteiger partial charge is 0.340 e. The summed E-state index contributed by atoms with van der Waals surface area (Å²) >= 11 is 15.1. The molecule has 3 nitrogen and oxygen atoms in total. The molecule has 6 heteroatoms. The van der Waals surface area contributed by atoms with Crippen molar-refractivity contribution in [3.05, 3.63) is 44.7 Å². The van der Waals surface area contributed by atoms with E-state index in [-0.39, 0.29) is 0 Å². The number of aryl methyl sites for hydroxylation is 1. The van der Waals surface area contributed by atoms with Crippen LogP contribution in [0.15, 0.2) is 28.9 Å². The van der Waals surface area contributed by atoms with Crippen LogP contribution in [0.25, 0.3) is 0 Å². The second-order valence-electron chi connectivity index (χ2n) is 3.38. The summed E-state index contributed by atoms with van der Waals surface area (Å²) in [5.41, 5.74) is 0.824.